The number of H-pyrrole nitrogens is 1. The number of likely N-dealkylation sites (tertiary alicyclic amines) is 1. The number of aromatic nitrogens is 2. The van der Waals surface area contributed by atoms with Gasteiger partial charge in [-0.15, -0.1) is 0 Å². The number of pyridine rings is 1. The Balaban J connectivity index is 1.46. The van der Waals surface area contributed by atoms with E-state index in [9.17, 15) is 14.4 Å². The number of hydrogen-bond acceptors (Lipinski definition) is 5. The third-order valence-corrected chi connectivity index (χ3v) is 8.34. The Hall–Kier alpha value is -3.04. The van der Waals surface area contributed by atoms with Crippen molar-refractivity contribution in [3.05, 3.63) is 68.8 Å². The second kappa shape index (κ2) is 12.9. The summed E-state index contributed by atoms with van der Waals surface area (Å²) < 4.78 is 2.33. The molecule has 2 aromatic heterocycles. The first-order chi connectivity index (χ1) is 18.7. The average molecular weight is 552 g/mol. The number of hydrogen-bond donors (Lipinski definition) is 4. The molecule has 210 valence electrons. The van der Waals surface area contributed by atoms with Crippen molar-refractivity contribution in [2.24, 2.45) is 5.92 Å². The van der Waals surface area contributed by atoms with E-state index in [1.807, 2.05) is 45.0 Å². The SMILES string of the molecule is Cc1cc(C)c(CNC(=O)c2c(C)n([C@@H](C)C3CCN(CCNC(=O)CCS)CC3)c3ccccc23)c(=O)[nH]1. The van der Waals surface area contributed by atoms with Gasteiger partial charge in [-0.05, 0) is 83.0 Å². The van der Waals surface area contributed by atoms with E-state index in [1.54, 1.807) is 0 Å². The molecular formula is C30H41N5O3S. The first kappa shape index (κ1) is 29.0. The van der Waals surface area contributed by atoms with Crippen LogP contribution in [-0.4, -0.2) is 58.2 Å². The maximum atomic E-state index is 13.5. The predicted molar refractivity (Wildman–Crippen MR) is 160 cm³/mol. The molecule has 0 saturated carbocycles. The fraction of sp³-hybridized carbons (Fsp3) is 0.500. The van der Waals surface area contributed by atoms with E-state index >= 15 is 0 Å². The molecule has 0 aliphatic carbocycles. The normalized spacial score (nSPS) is 15.4. The molecule has 4 rings (SSSR count). The van der Waals surface area contributed by atoms with Crippen LogP contribution < -0.4 is 16.2 Å². The van der Waals surface area contributed by atoms with E-state index in [4.69, 9.17) is 0 Å². The van der Waals surface area contributed by atoms with Crippen LogP contribution in [0.3, 0.4) is 0 Å². The van der Waals surface area contributed by atoms with Gasteiger partial charge >= 0.3 is 0 Å². The van der Waals surface area contributed by atoms with Gasteiger partial charge in [0, 0.05) is 60.0 Å². The summed E-state index contributed by atoms with van der Waals surface area (Å²) in [5, 5.41) is 6.91. The molecular weight excluding hydrogens is 510 g/mol. The monoisotopic (exact) mass is 551 g/mol. The molecule has 2 amide bonds. The van der Waals surface area contributed by atoms with Crippen molar-refractivity contribution in [1.29, 1.82) is 0 Å². The summed E-state index contributed by atoms with van der Waals surface area (Å²) in [4.78, 5) is 42.9. The highest BCUT2D eigenvalue weighted by Crippen LogP contribution is 2.35. The minimum Gasteiger partial charge on any atom is -0.355 e. The number of aryl methyl sites for hydroxylation is 2. The van der Waals surface area contributed by atoms with E-state index < -0.39 is 0 Å². The van der Waals surface area contributed by atoms with E-state index in [0.717, 1.165) is 60.3 Å². The van der Waals surface area contributed by atoms with Crippen LogP contribution in [0, 0.1) is 26.7 Å². The van der Waals surface area contributed by atoms with Gasteiger partial charge in [-0.2, -0.15) is 12.6 Å². The highest BCUT2D eigenvalue weighted by atomic mass is 32.1. The Bertz CT molecular complexity index is 1390. The van der Waals surface area contributed by atoms with Crippen LogP contribution in [0.15, 0.2) is 35.1 Å². The van der Waals surface area contributed by atoms with Crippen LogP contribution in [0.5, 0.6) is 0 Å². The van der Waals surface area contributed by atoms with Crippen molar-refractivity contribution in [1.82, 2.24) is 25.1 Å². The summed E-state index contributed by atoms with van der Waals surface area (Å²) in [5.41, 5.74) is 4.78. The molecule has 3 aromatic rings. The van der Waals surface area contributed by atoms with Crippen molar-refractivity contribution < 1.29 is 9.59 Å². The van der Waals surface area contributed by atoms with Gasteiger partial charge in [0.1, 0.15) is 0 Å². The fourth-order valence-electron chi connectivity index (χ4n) is 5.97. The highest BCUT2D eigenvalue weighted by molar-refractivity contribution is 7.80. The van der Waals surface area contributed by atoms with Gasteiger partial charge in [0.25, 0.3) is 11.5 Å². The third kappa shape index (κ3) is 6.58. The lowest BCUT2D eigenvalue weighted by Gasteiger charge is -2.36. The van der Waals surface area contributed by atoms with Crippen LogP contribution in [0.1, 0.15) is 65.1 Å². The number of aromatic amines is 1. The number of para-hydroxylation sites is 1. The molecule has 1 aliphatic rings. The Labute approximate surface area is 236 Å². The number of fused-ring (bicyclic) bond motifs is 1. The number of carbonyl (C=O) groups is 2. The lowest BCUT2D eigenvalue weighted by molar-refractivity contribution is -0.120. The largest absolute Gasteiger partial charge is 0.355 e. The molecule has 3 heterocycles. The summed E-state index contributed by atoms with van der Waals surface area (Å²) in [6.07, 6.45) is 2.58. The molecule has 39 heavy (non-hydrogen) atoms. The number of rotatable bonds is 10. The van der Waals surface area contributed by atoms with Crippen LogP contribution in [0.2, 0.25) is 0 Å². The molecule has 1 fully saturated rings. The second-order valence-corrected chi connectivity index (χ2v) is 11.2. The van der Waals surface area contributed by atoms with Gasteiger partial charge in [-0.1, -0.05) is 18.2 Å². The Morgan fingerprint density at radius 1 is 1.13 bits per heavy atom. The van der Waals surface area contributed by atoms with E-state index in [0.29, 0.717) is 35.8 Å². The molecule has 1 aromatic carbocycles. The van der Waals surface area contributed by atoms with Gasteiger partial charge in [0.15, 0.2) is 0 Å². The zero-order valence-electron chi connectivity index (χ0n) is 23.5. The number of carbonyl (C=O) groups excluding carboxylic acids is 2. The minimum absolute atomic E-state index is 0.0594. The zero-order chi connectivity index (χ0) is 28.1. The average Bonchev–Trinajstić information content (AvgIpc) is 3.19. The molecule has 0 unspecified atom stereocenters. The van der Waals surface area contributed by atoms with Gasteiger partial charge in [0.05, 0.1) is 5.56 Å². The van der Waals surface area contributed by atoms with Gasteiger partial charge in [0.2, 0.25) is 5.91 Å². The van der Waals surface area contributed by atoms with Crippen LogP contribution >= 0.6 is 12.6 Å². The molecule has 0 bridgehead atoms. The van der Waals surface area contributed by atoms with Crippen LogP contribution in [0.4, 0.5) is 0 Å². The summed E-state index contributed by atoms with van der Waals surface area (Å²) in [6, 6.07) is 10.2. The first-order valence-corrected chi connectivity index (χ1v) is 14.5. The second-order valence-electron chi connectivity index (χ2n) is 10.7. The van der Waals surface area contributed by atoms with Crippen molar-refractivity contribution in [2.45, 2.75) is 59.5 Å². The third-order valence-electron chi connectivity index (χ3n) is 8.11. The smallest absolute Gasteiger partial charge is 0.254 e. The topological polar surface area (TPSA) is 99.2 Å². The number of thiol groups is 1. The molecule has 0 spiro atoms. The quantitative estimate of drug-likeness (QED) is 0.287. The standard InChI is InChI=1S/C30H41N5O3S/c1-19-17-20(2)33-29(37)25(19)18-32-30(38)28-22(4)35(26-8-6-5-7-24(26)28)21(3)23-9-13-34(14-10-23)15-12-31-27(36)11-16-39/h5-8,17,21,23,39H,9-16,18H2,1-4H3,(H,31,36)(H,32,38)(H,33,37)/t21-/m0/s1. The molecule has 8 nitrogen and oxygen atoms in total. The predicted octanol–water partition coefficient (Wildman–Crippen LogP) is 3.89. The maximum Gasteiger partial charge on any atom is 0.254 e. The van der Waals surface area contributed by atoms with Gasteiger partial charge in [-0.25, -0.2) is 0 Å². The molecule has 0 radical (unpaired) electrons. The van der Waals surface area contributed by atoms with Gasteiger partial charge in [-0.3, -0.25) is 14.4 Å². The minimum atomic E-state index is -0.163. The number of piperidine rings is 1. The number of benzene rings is 1. The Morgan fingerprint density at radius 3 is 2.54 bits per heavy atom. The van der Waals surface area contributed by atoms with E-state index in [2.05, 4.69) is 50.7 Å². The highest BCUT2D eigenvalue weighted by Gasteiger charge is 2.29. The Morgan fingerprint density at radius 2 is 1.85 bits per heavy atom. The first-order valence-electron chi connectivity index (χ1n) is 13.9. The fourth-order valence-corrected chi connectivity index (χ4v) is 6.18. The van der Waals surface area contributed by atoms with Crippen molar-refractivity contribution >= 4 is 35.3 Å². The van der Waals surface area contributed by atoms with Crippen molar-refractivity contribution in [3.8, 4) is 0 Å². The van der Waals surface area contributed by atoms with E-state index in [-0.39, 0.29) is 30.0 Å². The zero-order valence-corrected chi connectivity index (χ0v) is 24.4. The lowest BCUT2D eigenvalue weighted by atomic mass is 9.90. The molecule has 9 heteroatoms. The summed E-state index contributed by atoms with van der Waals surface area (Å²) in [6.45, 7) is 11.7. The Kier molecular flexibility index (Phi) is 9.56. The molecule has 3 N–H and O–H groups in total. The maximum absolute atomic E-state index is 13.5. The summed E-state index contributed by atoms with van der Waals surface area (Å²) in [5.74, 6) is 0.949. The van der Waals surface area contributed by atoms with E-state index in [1.165, 1.54) is 0 Å². The van der Waals surface area contributed by atoms with Crippen LogP contribution in [-0.2, 0) is 11.3 Å². The summed E-state index contributed by atoms with van der Waals surface area (Å²) >= 11 is 4.11. The van der Waals surface area contributed by atoms with Crippen molar-refractivity contribution in [3.63, 3.8) is 0 Å². The lowest BCUT2D eigenvalue weighted by Crippen LogP contribution is -2.41. The molecule has 1 atom stereocenters. The van der Waals surface area contributed by atoms with Crippen molar-refractivity contribution in [2.75, 3.05) is 31.9 Å². The summed E-state index contributed by atoms with van der Waals surface area (Å²) in [7, 11) is 0. The number of nitrogens with one attached hydrogen (secondary N) is 3. The number of amides is 2. The molecule has 1 saturated heterocycles. The number of nitrogens with zero attached hydrogens (tertiary/aromatic N) is 2. The molecule has 1 aliphatic heterocycles. The van der Waals surface area contributed by atoms with Gasteiger partial charge < -0.3 is 25.1 Å². The van der Waals surface area contributed by atoms with Crippen LogP contribution in [0.25, 0.3) is 10.9 Å².